The van der Waals surface area contributed by atoms with Crippen LogP contribution in [-0.2, 0) is 4.79 Å². The van der Waals surface area contributed by atoms with E-state index in [0.717, 1.165) is 12.8 Å². The first-order valence-corrected chi connectivity index (χ1v) is 5.87. The molecule has 1 rings (SSSR count). The predicted molar refractivity (Wildman–Crippen MR) is 70.3 cm³/mol. The Labute approximate surface area is 113 Å². The van der Waals surface area contributed by atoms with Gasteiger partial charge in [0.25, 0.3) is 0 Å². The summed E-state index contributed by atoms with van der Waals surface area (Å²) in [6.45, 7) is 4.58. The molecule has 0 spiro atoms. The van der Waals surface area contributed by atoms with Crippen LogP contribution in [0.3, 0.4) is 0 Å². The summed E-state index contributed by atoms with van der Waals surface area (Å²) in [5.41, 5.74) is 0. The van der Waals surface area contributed by atoms with Gasteiger partial charge >= 0.3 is 0 Å². The fourth-order valence-corrected chi connectivity index (χ4v) is 1.58. The van der Waals surface area contributed by atoms with Gasteiger partial charge in [0.05, 0.1) is 6.04 Å². The average Bonchev–Trinajstić information content (AvgIpc) is 2.82. The second-order valence-corrected chi connectivity index (χ2v) is 4.08. The SMILES string of the molecule is CCCC(NC(=O)C(C)CNC)c1nn[nH]n1.Cl. The zero-order valence-corrected chi connectivity index (χ0v) is 11.8. The summed E-state index contributed by atoms with van der Waals surface area (Å²) in [4.78, 5) is 11.9. The number of hydrogen-bond donors (Lipinski definition) is 3. The number of carbonyl (C=O) groups is 1. The quantitative estimate of drug-likeness (QED) is 0.671. The summed E-state index contributed by atoms with van der Waals surface area (Å²) >= 11 is 0. The molecular formula is C10H21ClN6O. The van der Waals surface area contributed by atoms with E-state index in [0.29, 0.717) is 12.4 Å². The molecule has 1 amide bonds. The molecule has 0 bridgehead atoms. The Morgan fingerprint density at radius 2 is 2.22 bits per heavy atom. The van der Waals surface area contributed by atoms with Crippen molar-refractivity contribution in [1.82, 2.24) is 31.3 Å². The highest BCUT2D eigenvalue weighted by molar-refractivity contribution is 5.85. The average molecular weight is 277 g/mol. The van der Waals surface area contributed by atoms with Gasteiger partial charge in [0, 0.05) is 12.5 Å². The van der Waals surface area contributed by atoms with Crippen LogP contribution >= 0.6 is 12.4 Å². The predicted octanol–water partition coefficient (Wildman–Crippen LogP) is 0.434. The van der Waals surface area contributed by atoms with Crippen molar-refractivity contribution in [1.29, 1.82) is 0 Å². The van der Waals surface area contributed by atoms with Crippen LogP contribution in [0.2, 0.25) is 0 Å². The molecule has 1 aromatic rings. The normalized spacial score (nSPS) is 13.5. The first kappa shape index (κ1) is 16.8. The van der Waals surface area contributed by atoms with Crippen molar-refractivity contribution >= 4 is 18.3 Å². The third-order valence-corrected chi connectivity index (χ3v) is 2.53. The van der Waals surface area contributed by atoms with E-state index in [2.05, 4.69) is 38.2 Å². The first-order valence-electron chi connectivity index (χ1n) is 5.87. The molecule has 0 radical (unpaired) electrons. The lowest BCUT2D eigenvalue weighted by Gasteiger charge is -2.17. The van der Waals surface area contributed by atoms with E-state index in [-0.39, 0.29) is 30.3 Å². The number of H-pyrrole nitrogens is 1. The molecule has 1 aromatic heterocycles. The lowest BCUT2D eigenvalue weighted by molar-refractivity contribution is -0.125. The minimum Gasteiger partial charge on any atom is -0.346 e. The molecule has 8 heteroatoms. The van der Waals surface area contributed by atoms with E-state index in [1.54, 1.807) is 0 Å². The van der Waals surface area contributed by atoms with Gasteiger partial charge in [0.1, 0.15) is 0 Å². The van der Waals surface area contributed by atoms with Gasteiger partial charge in [0.2, 0.25) is 5.91 Å². The highest BCUT2D eigenvalue weighted by atomic mass is 35.5. The van der Waals surface area contributed by atoms with E-state index in [1.807, 2.05) is 14.0 Å². The number of rotatable bonds is 7. The Bertz CT molecular complexity index is 331. The summed E-state index contributed by atoms with van der Waals surface area (Å²) in [6, 6.07) is -0.162. The van der Waals surface area contributed by atoms with E-state index in [9.17, 15) is 4.79 Å². The van der Waals surface area contributed by atoms with Crippen LogP contribution in [0, 0.1) is 5.92 Å². The zero-order valence-electron chi connectivity index (χ0n) is 10.9. The Hall–Kier alpha value is -1.21. The third kappa shape index (κ3) is 4.97. The molecule has 0 aliphatic rings. The molecular weight excluding hydrogens is 256 g/mol. The van der Waals surface area contributed by atoms with Crippen LogP contribution in [0.15, 0.2) is 0 Å². The Balaban J connectivity index is 0.00000289. The van der Waals surface area contributed by atoms with Gasteiger partial charge in [-0.05, 0) is 13.5 Å². The van der Waals surface area contributed by atoms with Gasteiger partial charge in [-0.25, -0.2) is 0 Å². The molecule has 0 aliphatic carbocycles. The van der Waals surface area contributed by atoms with Crippen molar-refractivity contribution in [2.75, 3.05) is 13.6 Å². The van der Waals surface area contributed by atoms with Gasteiger partial charge in [-0.1, -0.05) is 25.5 Å². The summed E-state index contributed by atoms with van der Waals surface area (Å²) in [6.07, 6.45) is 1.75. The molecule has 0 aliphatic heterocycles. The highest BCUT2D eigenvalue weighted by Gasteiger charge is 2.20. The van der Waals surface area contributed by atoms with Crippen molar-refractivity contribution in [3.05, 3.63) is 5.82 Å². The van der Waals surface area contributed by atoms with Gasteiger partial charge in [-0.15, -0.1) is 22.6 Å². The van der Waals surface area contributed by atoms with Crippen molar-refractivity contribution in [2.24, 2.45) is 5.92 Å². The van der Waals surface area contributed by atoms with Crippen LogP contribution in [0.5, 0.6) is 0 Å². The summed E-state index contributed by atoms with van der Waals surface area (Å²) < 4.78 is 0. The van der Waals surface area contributed by atoms with E-state index in [4.69, 9.17) is 0 Å². The van der Waals surface area contributed by atoms with Crippen LogP contribution in [-0.4, -0.2) is 40.1 Å². The van der Waals surface area contributed by atoms with E-state index >= 15 is 0 Å². The smallest absolute Gasteiger partial charge is 0.224 e. The highest BCUT2D eigenvalue weighted by Crippen LogP contribution is 2.13. The molecule has 0 aromatic carbocycles. The number of amides is 1. The number of halogens is 1. The maximum atomic E-state index is 11.9. The van der Waals surface area contributed by atoms with Crippen molar-refractivity contribution in [3.63, 3.8) is 0 Å². The van der Waals surface area contributed by atoms with Crippen LogP contribution in [0.25, 0.3) is 0 Å². The second-order valence-electron chi connectivity index (χ2n) is 4.08. The van der Waals surface area contributed by atoms with Crippen LogP contribution < -0.4 is 10.6 Å². The molecule has 0 saturated heterocycles. The molecule has 3 N–H and O–H groups in total. The molecule has 1 heterocycles. The number of aromatic nitrogens is 4. The Kier molecular flexibility index (Phi) is 8.23. The Morgan fingerprint density at radius 3 is 2.72 bits per heavy atom. The minimum atomic E-state index is -0.162. The first-order chi connectivity index (χ1) is 8.19. The molecule has 2 unspecified atom stereocenters. The fourth-order valence-electron chi connectivity index (χ4n) is 1.58. The molecule has 104 valence electrons. The molecule has 0 fully saturated rings. The van der Waals surface area contributed by atoms with Gasteiger partial charge < -0.3 is 10.6 Å². The largest absolute Gasteiger partial charge is 0.346 e. The molecule has 7 nitrogen and oxygen atoms in total. The van der Waals surface area contributed by atoms with Crippen LogP contribution in [0.1, 0.15) is 38.6 Å². The lowest BCUT2D eigenvalue weighted by atomic mass is 10.1. The number of aromatic amines is 1. The number of nitrogens with zero attached hydrogens (tertiary/aromatic N) is 3. The van der Waals surface area contributed by atoms with Crippen molar-refractivity contribution in [2.45, 2.75) is 32.7 Å². The van der Waals surface area contributed by atoms with Gasteiger partial charge in [-0.3, -0.25) is 4.79 Å². The maximum Gasteiger partial charge on any atom is 0.224 e. The van der Waals surface area contributed by atoms with Gasteiger partial charge in [-0.2, -0.15) is 5.21 Å². The number of nitrogens with one attached hydrogen (secondary N) is 3. The van der Waals surface area contributed by atoms with Crippen LogP contribution in [0.4, 0.5) is 0 Å². The van der Waals surface area contributed by atoms with E-state index in [1.165, 1.54) is 0 Å². The maximum absolute atomic E-state index is 11.9. The fraction of sp³-hybridized carbons (Fsp3) is 0.800. The summed E-state index contributed by atoms with van der Waals surface area (Å²) in [5, 5.41) is 19.7. The molecule has 0 saturated carbocycles. The lowest BCUT2D eigenvalue weighted by Crippen LogP contribution is -2.37. The third-order valence-electron chi connectivity index (χ3n) is 2.53. The van der Waals surface area contributed by atoms with Crippen molar-refractivity contribution in [3.8, 4) is 0 Å². The van der Waals surface area contributed by atoms with E-state index < -0.39 is 0 Å². The Morgan fingerprint density at radius 1 is 1.50 bits per heavy atom. The number of carbonyl (C=O) groups excluding carboxylic acids is 1. The van der Waals surface area contributed by atoms with Crippen molar-refractivity contribution < 1.29 is 4.79 Å². The zero-order chi connectivity index (χ0) is 12.7. The standard InChI is InChI=1S/C10H20N6O.ClH/c1-4-5-8(9-13-15-16-14-9)12-10(17)7(2)6-11-3;/h7-8,11H,4-6H2,1-3H3,(H,12,17)(H,13,14,15,16);1H. The second kappa shape index (κ2) is 8.82. The summed E-state index contributed by atoms with van der Waals surface area (Å²) in [7, 11) is 1.83. The molecule has 2 atom stereocenters. The number of tetrazole rings is 1. The van der Waals surface area contributed by atoms with Gasteiger partial charge in [0.15, 0.2) is 5.82 Å². The topological polar surface area (TPSA) is 95.6 Å². The summed E-state index contributed by atoms with van der Waals surface area (Å²) in [5.74, 6) is 0.464. The molecule has 18 heavy (non-hydrogen) atoms. The minimum absolute atomic E-state index is 0. The monoisotopic (exact) mass is 276 g/mol. The number of hydrogen-bond acceptors (Lipinski definition) is 5.